The minimum absolute atomic E-state index is 0.333. The lowest BCUT2D eigenvalue weighted by Gasteiger charge is -2.26. The van der Waals surface area contributed by atoms with Crippen LogP contribution in [0.4, 0.5) is 0 Å². The number of nitrogens with zero attached hydrogens (tertiary/aromatic N) is 1. The Morgan fingerprint density at radius 3 is 2.94 bits per heavy atom. The Morgan fingerprint density at radius 2 is 2.28 bits per heavy atom. The number of ether oxygens (including phenoxy) is 2. The van der Waals surface area contributed by atoms with Crippen LogP contribution in [0.5, 0.6) is 10.9 Å². The molecule has 3 nitrogen and oxygen atoms in total. The minimum atomic E-state index is 0.333. The van der Waals surface area contributed by atoms with Gasteiger partial charge in [0.05, 0.1) is 22.9 Å². The van der Waals surface area contributed by atoms with Crippen molar-refractivity contribution in [1.82, 2.24) is 4.98 Å². The first kappa shape index (κ1) is 12.1. The summed E-state index contributed by atoms with van der Waals surface area (Å²) in [5.41, 5.74) is 0.870. The number of thiazole rings is 1. The van der Waals surface area contributed by atoms with E-state index in [1.807, 2.05) is 19.1 Å². The lowest BCUT2D eigenvalue weighted by molar-refractivity contribution is 0.120. The largest absolute Gasteiger partial charge is 0.489 e. The van der Waals surface area contributed by atoms with E-state index in [1.54, 1.807) is 0 Å². The first-order valence-corrected chi connectivity index (χ1v) is 7.36. The highest BCUT2D eigenvalue weighted by molar-refractivity contribution is 7.20. The van der Waals surface area contributed by atoms with Crippen LogP contribution in [0.2, 0.25) is 5.02 Å². The third kappa shape index (κ3) is 2.15. The maximum absolute atomic E-state index is 6.37. The first-order chi connectivity index (χ1) is 8.78. The molecule has 3 rings (SSSR count). The fourth-order valence-corrected chi connectivity index (χ4v) is 3.09. The molecule has 1 aliphatic rings. The average Bonchev–Trinajstić information content (AvgIpc) is 2.70. The maximum atomic E-state index is 6.37. The average molecular weight is 284 g/mol. The van der Waals surface area contributed by atoms with Crippen LogP contribution in [0.3, 0.4) is 0 Å². The van der Waals surface area contributed by atoms with Crippen LogP contribution < -0.4 is 9.47 Å². The summed E-state index contributed by atoms with van der Waals surface area (Å²) in [5.74, 6) is 0.764. The van der Waals surface area contributed by atoms with E-state index in [-0.39, 0.29) is 0 Å². The van der Waals surface area contributed by atoms with Crippen LogP contribution >= 0.6 is 22.9 Å². The van der Waals surface area contributed by atoms with Gasteiger partial charge in [0.15, 0.2) is 0 Å². The molecule has 1 aromatic heterocycles. The van der Waals surface area contributed by atoms with Crippen molar-refractivity contribution in [2.24, 2.45) is 0 Å². The fourth-order valence-electron chi connectivity index (χ4n) is 1.87. The fraction of sp³-hybridized carbons (Fsp3) is 0.462. The van der Waals surface area contributed by atoms with E-state index >= 15 is 0 Å². The number of aromatic nitrogens is 1. The summed E-state index contributed by atoms with van der Waals surface area (Å²) in [5, 5.41) is 1.32. The smallest absolute Gasteiger partial charge is 0.274 e. The van der Waals surface area contributed by atoms with Crippen molar-refractivity contribution in [2.45, 2.75) is 32.3 Å². The molecule has 1 aliphatic carbocycles. The van der Waals surface area contributed by atoms with Gasteiger partial charge < -0.3 is 9.47 Å². The molecule has 0 spiro atoms. The SMILES string of the molecule is CCOc1nc2ccc(OC3CCC3)c(Cl)c2s1. The zero-order valence-electron chi connectivity index (χ0n) is 10.1. The van der Waals surface area contributed by atoms with Gasteiger partial charge in [-0.25, -0.2) is 4.98 Å². The molecule has 0 bridgehead atoms. The van der Waals surface area contributed by atoms with Gasteiger partial charge in [-0.15, -0.1) is 0 Å². The molecule has 0 radical (unpaired) electrons. The van der Waals surface area contributed by atoms with Crippen LogP contribution in [0.15, 0.2) is 12.1 Å². The van der Waals surface area contributed by atoms with Crippen LogP contribution in [-0.2, 0) is 0 Å². The number of halogens is 1. The molecule has 1 heterocycles. The Morgan fingerprint density at radius 1 is 1.44 bits per heavy atom. The molecule has 5 heteroatoms. The van der Waals surface area contributed by atoms with Gasteiger partial charge in [-0.3, -0.25) is 0 Å². The Bertz CT molecular complexity index is 565. The van der Waals surface area contributed by atoms with Crippen LogP contribution in [0, 0.1) is 0 Å². The second-order valence-electron chi connectivity index (χ2n) is 4.31. The number of hydrogen-bond donors (Lipinski definition) is 0. The molecule has 96 valence electrons. The number of rotatable bonds is 4. The highest BCUT2D eigenvalue weighted by Crippen LogP contribution is 2.40. The topological polar surface area (TPSA) is 31.4 Å². The van der Waals surface area contributed by atoms with Crippen molar-refractivity contribution in [3.8, 4) is 10.9 Å². The van der Waals surface area contributed by atoms with Crippen LogP contribution in [0.1, 0.15) is 26.2 Å². The zero-order chi connectivity index (χ0) is 12.5. The molecule has 18 heavy (non-hydrogen) atoms. The minimum Gasteiger partial charge on any atom is -0.489 e. The standard InChI is InChI=1S/C13H14ClNO2S/c1-2-16-13-15-9-6-7-10(11(14)12(9)18-13)17-8-4-3-5-8/h6-8H,2-5H2,1H3. The lowest BCUT2D eigenvalue weighted by Crippen LogP contribution is -2.24. The highest BCUT2D eigenvalue weighted by Gasteiger charge is 2.21. The number of hydrogen-bond acceptors (Lipinski definition) is 4. The maximum Gasteiger partial charge on any atom is 0.274 e. The summed E-state index contributed by atoms with van der Waals surface area (Å²) < 4.78 is 12.2. The van der Waals surface area contributed by atoms with E-state index in [2.05, 4.69) is 4.98 Å². The van der Waals surface area contributed by atoms with Gasteiger partial charge in [0.25, 0.3) is 5.19 Å². The van der Waals surface area contributed by atoms with Gasteiger partial charge >= 0.3 is 0 Å². The normalized spacial score (nSPS) is 15.7. The predicted octanol–water partition coefficient (Wildman–Crippen LogP) is 4.28. The summed E-state index contributed by atoms with van der Waals surface area (Å²) in [6, 6.07) is 3.84. The van der Waals surface area contributed by atoms with E-state index in [9.17, 15) is 0 Å². The molecule has 0 unspecified atom stereocenters. The quantitative estimate of drug-likeness (QED) is 0.839. The molecule has 1 saturated carbocycles. The molecule has 0 atom stereocenters. The first-order valence-electron chi connectivity index (χ1n) is 6.16. The van der Waals surface area contributed by atoms with Gasteiger partial charge in [-0.1, -0.05) is 22.9 Å². The molecule has 0 amide bonds. The van der Waals surface area contributed by atoms with Gasteiger partial charge in [0.1, 0.15) is 10.8 Å². The zero-order valence-corrected chi connectivity index (χ0v) is 11.7. The van der Waals surface area contributed by atoms with Crippen molar-refractivity contribution >= 4 is 33.2 Å². The van der Waals surface area contributed by atoms with Gasteiger partial charge in [0, 0.05) is 0 Å². The summed E-state index contributed by atoms with van der Waals surface area (Å²) in [4.78, 5) is 4.37. The Kier molecular flexibility index (Phi) is 3.31. The second-order valence-corrected chi connectivity index (χ2v) is 5.65. The van der Waals surface area contributed by atoms with Gasteiger partial charge in [0.2, 0.25) is 0 Å². The van der Waals surface area contributed by atoms with Crippen molar-refractivity contribution in [3.05, 3.63) is 17.2 Å². The molecular formula is C13H14ClNO2S. The third-order valence-electron chi connectivity index (χ3n) is 3.06. The van der Waals surface area contributed by atoms with Crippen LogP contribution in [0.25, 0.3) is 10.2 Å². The molecular weight excluding hydrogens is 270 g/mol. The molecule has 2 aromatic rings. The summed E-state index contributed by atoms with van der Waals surface area (Å²) in [6.07, 6.45) is 3.83. The third-order valence-corrected chi connectivity index (χ3v) is 4.54. The van der Waals surface area contributed by atoms with Crippen molar-refractivity contribution in [3.63, 3.8) is 0 Å². The van der Waals surface area contributed by atoms with E-state index in [0.717, 1.165) is 28.8 Å². The monoisotopic (exact) mass is 283 g/mol. The van der Waals surface area contributed by atoms with E-state index in [4.69, 9.17) is 21.1 Å². The molecule has 0 N–H and O–H groups in total. The van der Waals surface area contributed by atoms with E-state index in [1.165, 1.54) is 17.8 Å². The molecule has 0 aliphatic heterocycles. The van der Waals surface area contributed by atoms with E-state index in [0.29, 0.717) is 22.9 Å². The summed E-state index contributed by atoms with van der Waals surface area (Å²) in [7, 11) is 0. The van der Waals surface area contributed by atoms with Gasteiger partial charge in [-0.2, -0.15) is 0 Å². The molecule has 1 fully saturated rings. The lowest BCUT2D eigenvalue weighted by atomic mass is 9.96. The van der Waals surface area contributed by atoms with Gasteiger partial charge in [-0.05, 0) is 38.3 Å². The van der Waals surface area contributed by atoms with Crippen LogP contribution in [-0.4, -0.2) is 17.7 Å². The number of benzene rings is 1. The predicted molar refractivity (Wildman–Crippen MR) is 74.1 cm³/mol. The van der Waals surface area contributed by atoms with Crippen molar-refractivity contribution in [2.75, 3.05) is 6.61 Å². The van der Waals surface area contributed by atoms with Crippen molar-refractivity contribution < 1.29 is 9.47 Å². The Labute approximate surface area is 115 Å². The van der Waals surface area contributed by atoms with E-state index < -0.39 is 0 Å². The van der Waals surface area contributed by atoms with Crippen molar-refractivity contribution in [1.29, 1.82) is 0 Å². The molecule has 1 aromatic carbocycles. The summed E-state index contributed by atoms with van der Waals surface area (Å²) >= 11 is 7.84. The number of fused-ring (bicyclic) bond motifs is 1. The Hall–Kier alpha value is -1.000. The summed E-state index contributed by atoms with van der Waals surface area (Å²) in [6.45, 7) is 2.56. The molecule has 0 saturated heterocycles. The second kappa shape index (κ2) is 4.94. The Balaban J connectivity index is 1.93. The highest BCUT2D eigenvalue weighted by atomic mass is 35.5.